The van der Waals surface area contributed by atoms with Gasteiger partial charge >= 0.3 is 0 Å². The molecule has 0 unspecified atom stereocenters. The van der Waals surface area contributed by atoms with Crippen molar-refractivity contribution in [3.8, 4) is 5.75 Å². The normalized spacial score (nSPS) is 10.4. The Kier molecular flexibility index (Phi) is 4.68. The first-order valence-corrected chi connectivity index (χ1v) is 8.20. The fourth-order valence-electron chi connectivity index (χ4n) is 2.17. The molecule has 0 fully saturated rings. The van der Waals surface area contributed by atoms with Crippen LogP contribution in [0.2, 0.25) is 0 Å². The number of nitrogens with zero attached hydrogens (tertiary/aromatic N) is 2. The maximum absolute atomic E-state index is 12.2. The van der Waals surface area contributed by atoms with E-state index in [0.29, 0.717) is 11.3 Å². The van der Waals surface area contributed by atoms with Crippen molar-refractivity contribution in [2.24, 2.45) is 0 Å². The second-order valence-corrected chi connectivity index (χ2v) is 5.96. The molecule has 2 aromatic carbocycles. The monoisotopic (exact) mass is 358 g/mol. The number of carbonyl (C=O) groups excluding carboxylic acids is 1. The average Bonchev–Trinajstić information content (AvgIpc) is 3.06. The third-order valence-corrected chi connectivity index (χ3v) is 4.20. The molecule has 0 atom stereocenters. The fourth-order valence-corrected chi connectivity index (χ4v) is 2.91. The Hall–Kier alpha value is -2.58. The lowest BCUT2D eigenvalue weighted by atomic mass is 10.1. The van der Waals surface area contributed by atoms with E-state index >= 15 is 0 Å². The van der Waals surface area contributed by atoms with E-state index in [1.165, 1.54) is 0 Å². The zero-order valence-corrected chi connectivity index (χ0v) is 14.6. The fraction of sp³-hybridized carbons (Fsp3) is 0.125. The standard InChI is InChI=1S/C16H14N4O2S2/c1-9-3-8-12-14(20-24-19-12)13(9)17-16(23)18-15(21)10-4-6-11(22-2)7-5-10/h3-8H,1-2H3,(H2,17,18,21,23). The lowest BCUT2D eigenvalue weighted by Crippen LogP contribution is -2.34. The zero-order valence-electron chi connectivity index (χ0n) is 13.0. The molecular weight excluding hydrogens is 344 g/mol. The van der Waals surface area contributed by atoms with Gasteiger partial charge in [-0.05, 0) is 55.0 Å². The van der Waals surface area contributed by atoms with Gasteiger partial charge in [-0.15, -0.1) is 0 Å². The number of rotatable bonds is 3. The van der Waals surface area contributed by atoms with Gasteiger partial charge in [-0.2, -0.15) is 8.75 Å². The van der Waals surface area contributed by atoms with Gasteiger partial charge < -0.3 is 10.1 Å². The van der Waals surface area contributed by atoms with Crippen LogP contribution in [0, 0.1) is 6.92 Å². The van der Waals surface area contributed by atoms with E-state index in [0.717, 1.165) is 34.0 Å². The number of carbonyl (C=O) groups is 1. The first kappa shape index (κ1) is 16.3. The highest BCUT2D eigenvalue weighted by atomic mass is 32.1. The molecule has 0 saturated carbocycles. The van der Waals surface area contributed by atoms with Crippen molar-refractivity contribution in [1.82, 2.24) is 14.1 Å². The van der Waals surface area contributed by atoms with Crippen LogP contribution in [0.25, 0.3) is 11.0 Å². The Bertz CT molecular complexity index is 906. The van der Waals surface area contributed by atoms with Crippen LogP contribution < -0.4 is 15.4 Å². The van der Waals surface area contributed by atoms with Crippen LogP contribution in [-0.2, 0) is 0 Å². The maximum Gasteiger partial charge on any atom is 0.257 e. The minimum Gasteiger partial charge on any atom is -0.497 e. The van der Waals surface area contributed by atoms with E-state index < -0.39 is 0 Å². The van der Waals surface area contributed by atoms with E-state index in [1.54, 1.807) is 31.4 Å². The third-order valence-electron chi connectivity index (χ3n) is 3.45. The van der Waals surface area contributed by atoms with Crippen LogP contribution in [0.3, 0.4) is 0 Å². The van der Waals surface area contributed by atoms with Crippen LogP contribution in [0.15, 0.2) is 36.4 Å². The number of methoxy groups -OCH3 is 1. The summed E-state index contributed by atoms with van der Waals surface area (Å²) in [4.78, 5) is 12.2. The van der Waals surface area contributed by atoms with Crippen LogP contribution in [-0.4, -0.2) is 26.9 Å². The Morgan fingerprint density at radius 1 is 1.17 bits per heavy atom. The van der Waals surface area contributed by atoms with E-state index in [1.807, 2.05) is 19.1 Å². The molecule has 0 aliphatic heterocycles. The molecule has 0 radical (unpaired) electrons. The summed E-state index contributed by atoms with van der Waals surface area (Å²) >= 11 is 6.38. The van der Waals surface area contributed by atoms with Gasteiger partial charge in [0.2, 0.25) is 0 Å². The second-order valence-electron chi connectivity index (χ2n) is 5.03. The van der Waals surface area contributed by atoms with Gasteiger partial charge in [0.1, 0.15) is 16.8 Å². The predicted octanol–water partition coefficient (Wildman–Crippen LogP) is 3.14. The van der Waals surface area contributed by atoms with Crippen molar-refractivity contribution in [2.75, 3.05) is 12.4 Å². The van der Waals surface area contributed by atoms with Crippen molar-refractivity contribution < 1.29 is 9.53 Å². The summed E-state index contributed by atoms with van der Waals surface area (Å²) in [6, 6.07) is 10.6. The van der Waals surface area contributed by atoms with Crippen LogP contribution >= 0.6 is 23.9 Å². The number of aromatic nitrogens is 2. The third kappa shape index (κ3) is 3.34. The average molecular weight is 358 g/mol. The minimum absolute atomic E-state index is 0.208. The number of amides is 1. The Morgan fingerprint density at radius 2 is 1.92 bits per heavy atom. The first-order chi connectivity index (χ1) is 11.6. The first-order valence-electron chi connectivity index (χ1n) is 7.07. The van der Waals surface area contributed by atoms with Crippen molar-refractivity contribution in [1.29, 1.82) is 0 Å². The van der Waals surface area contributed by atoms with Crippen LogP contribution in [0.5, 0.6) is 5.75 Å². The lowest BCUT2D eigenvalue weighted by Gasteiger charge is -2.12. The van der Waals surface area contributed by atoms with Crippen LogP contribution in [0.1, 0.15) is 15.9 Å². The van der Waals surface area contributed by atoms with Crippen molar-refractivity contribution >= 4 is 51.7 Å². The molecule has 6 nitrogen and oxygen atoms in total. The summed E-state index contributed by atoms with van der Waals surface area (Å²) in [5, 5.41) is 5.91. The number of benzene rings is 2. The van der Waals surface area contributed by atoms with Gasteiger partial charge in [0.25, 0.3) is 5.91 Å². The summed E-state index contributed by atoms with van der Waals surface area (Å²) in [7, 11) is 1.57. The number of nitrogens with one attached hydrogen (secondary N) is 2. The minimum atomic E-state index is -0.295. The van der Waals surface area contributed by atoms with Gasteiger partial charge in [-0.1, -0.05) is 6.07 Å². The van der Waals surface area contributed by atoms with Crippen molar-refractivity contribution in [3.05, 3.63) is 47.5 Å². The molecule has 3 rings (SSSR count). The summed E-state index contributed by atoms with van der Waals surface area (Å²) in [6.45, 7) is 1.94. The number of ether oxygens (including phenoxy) is 1. The molecule has 1 heterocycles. The molecule has 1 amide bonds. The van der Waals surface area contributed by atoms with Crippen molar-refractivity contribution in [3.63, 3.8) is 0 Å². The Morgan fingerprint density at radius 3 is 2.62 bits per heavy atom. The molecule has 2 N–H and O–H groups in total. The van der Waals surface area contributed by atoms with Crippen molar-refractivity contribution in [2.45, 2.75) is 6.92 Å². The second kappa shape index (κ2) is 6.90. The molecule has 1 aromatic heterocycles. The molecular formula is C16H14N4O2S2. The maximum atomic E-state index is 12.2. The smallest absolute Gasteiger partial charge is 0.257 e. The largest absolute Gasteiger partial charge is 0.497 e. The van der Waals surface area contributed by atoms with Gasteiger partial charge in [-0.25, -0.2) is 0 Å². The van der Waals surface area contributed by atoms with Gasteiger partial charge in [0.05, 0.1) is 24.5 Å². The summed E-state index contributed by atoms with van der Waals surface area (Å²) in [6.07, 6.45) is 0. The molecule has 0 saturated heterocycles. The summed E-state index contributed by atoms with van der Waals surface area (Å²) < 4.78 is 13.5. The number of thiocarbonyl (C=S) groups is 1. The molecule has 24 heavy (non-hydrogen) atoms. The predicted molar refractivity (Wildman–Crippen MR) is 98.8 cm³/mol. The molecule has 122 valence electrons. The highest BCUT2D eigenvalue weighted by Gasteiger charge is 2.12. The molecule has 0 aliphatic rings. The van der Waals surface area contributed by atoms with Gasteiger partial charge in [0, 0.05) is 5.56 Å². The van der Waals surface area contributed by atoms with Crippen LogP contribution in [0.4, 0.5) is 5.69 Å². The number of fused-ring (bicyclic) bond motifs is 1. The Balaban J connectivity index is 1.73. The zero-order chi connectivity index (χ0) is 17.1. The molecule has 3 aromatic rings. The highest BCUT2D eigenvalue weighted by molar-refractivity contribution is 7.80. The molecule has 0 bridgehead atoms. The summed E-state index contributed by atoms with van der Waals surface area (Å²) in [5.41, 5.74) is 3.74. The van der Waals surface area contributed by atoms with E-state index in [2.05, 4.69) is 19.4 Å². The van der Waals surface area contributed by atoms with Gasteiger partial charge in [-0.3, -0.25) is 10.1 Å². The molecule has 8 heteroatoms. The quantitative estimate of drug-likeness (QED) is 0.701. The number of aryl methyl sites for hydroxylation is 1. The van der Waals surface area contributed by atoms with Gasteiger partial charge in [0.15, 0.2) is 5.11 Å². The number of hydrogen-bond acceptors (Lipinski definition) is 6. The van der Waals surface area contributed by atoms with E-state index in [-0.39, 0.29) is 11.0 Å². The van der Waals surface area contributed by atoms with E-state index in [4.69, 9.17) is 17.0 Å². The number of hydrogen-bond donors (Lipinski definition) is 2. The highest BCUT2D eigenvalue weighted by Crippen LogP contribution is 2.25. The topological polar surface area (TPSA) is 76.1 Å². The lowest BCUT2D eigenvalue weighted by molar-refractivity contribution is 0.0977. The SMILES string of the molecule is COc1ccc(C(=O)NC(=S)Nc2c(C)ccc3nsnc23)cc1. The Labute approximate surface area is 148 Å². The molecule has 0 spiro atoms. The summed E-state index contributed by atoms with van der Waals surface area (Å²) in [5.74, 6) is 0.391. The van der Waals surface area contributed by atoms with E-state index in [9.17, 15) is 4.79 Å². The molecule has 0 aliphatic carbocycles. The number of anilines is 1.